The Kier molecular flexibility index (Phi) is 7.74. The largest absolute Gasteiger partial charge is 0.399 e. The SMILES string of the molecule is Cl.Nc1ccccc1CCC(=O)NCCCN1CCCC1=O. The lowest BCUT2D eigenvalue weighted by Gasteiger charge is -2.15. The van der Waals surface area contributed by atoms with Crippen LogP contribution in [0.5, 0.6) is 0 Å². The standard InChI is InChI=1S/C16H23N3O2.ClH/c17-14-6-2-1-5-13(14)8-9-15(20)18-10-4-12-19-11-3-7-16(19)21;/h1-2,5-6H,3-4,7-12,17H2,(H,18,20);1H. The van der Waals surface area contributed by atoms with Crippen molar-refractivity contribution in [2.45, 2.75) is 32.1 Å². The van der Waals surface area contributed by atoms with Gasteiger partial charge in [-0.25, -0.2) is 0 Å². The van der Waals surface area contributed by atoms with E-state index in [4.69, 9.17) is 5.73 Å². The average molecular weight is 326 g/mol. The Morgan fingerprint density at radius 2 is 2.09 bits per heavy atom. The van der Waals surface area contributed by atoms with Gasteiger partial charge in [0.25, 0.3) is 0 Å². The molecule has 0 radical (unpaired) electrons. The molecule has 1 heterocycles. The second kappa shape index (κ2) is 9.30. The van der Waals surface area contributed by atoms with E-state index in [0.29, 0.717) is 25.8 Å². The number of carbonyl (C=O) groups is 2. The summed E-state index contributed by atoms with van der Waals surface area (Å²) in [6, 6.07) is 7.61. The van der Waals surface area contributed by atoms with Crippen molar-refractivity contribution >= 4 is 29.9 Å². The molecule has 1 aliphatic heterocycles. The van der Waals surface area contributed by atoms with E-state index in [-0.39, 0.29) is 24.2 Å². The predicted octanol–water partition coefficient (Wildman–Crippen LogP) is 1.75. The van der Waals surface area contributed by atoms with E-state index in [1.807, 2.05) is 29.2 Å². The van der Waals surface area contributed by atoms with Gasteiger partial charge >= 0.3 is 0 Å². The van der Waals surface area contributed by atoms with Gasteiger partial charge in [0.15, 0.2) is 0 Å². The molecule has 0 unspecified atom stereocenters. The van der Waals surface area contributed by atoms with Crippen LogP contribution in [0.25, 0.3) is 0 Å². The summed E-state index contributed by atoms with van der Waals surface area (Å²) >= 11 is 0. The Morgan fingerprint density at radius 1 is 1.32 bits per heavy atom. The number of nitrogens with two attached hydrogens (primary N) is 1. The van der Waals surface area contributed by atoms with E-state index in [0.717, 1.165) is 37.2 Å². The van der Waals surface area contributed by atoms with Crippen LogP contribution in [0, 0.1) is 0 Å². The molecule has 122 valence electrons. The van der Waals surface area contributed by atoms with Gasteiger partial charge in [0.2, 0.25) is 11.8 Å². The first kappa shape index (κ1) is 18.3. The molecule has 1 aromatic carbocycles. The summed E-state index contributed by atoms with van der Waals surface area (Å²) in [7, 11) is 0. The van der Waals surface area contributed by atoms with Crippen LogP contribution in [0.2, 0.25) is 0 Å². The Bertz CT molecular complexity index is 508. The second-order valence-corrected chi connectivity index (χ2v) is 5.39. The third-order valence-electron chi connectivity index (χ3n) is 3.77. The van der Waals surface area contributed by atoms with E-state index in [1.54, 1.807) is 0 Å². The summed E-state index contributed by atoms with van der Waals surface area (Å²) in [6.45, 7) is 2.22. The monoisotopic (exact) mass is 325 g/mol. The third-order valence-corrected chi connectivity index (χ3v) is 3.77. The summed E-state index contributed by atoms with van der Waals surface area (Å²) in [5.41, 5.74) is 7.59. The first-order chi connectivity index (χ1) is 10.2. The minimum Gasteiger partial charge on any atom is -0.399 e. The van der Waals surface area contributed by atoms with Crippen LogP contribution < -0.4 is 11.1 Å². The maximum absolute atomic E-state index is 11.8. The van der Waals surface area contributed by atoms with Crippen LogP contribution in [0.4, 0.5) is 5.69 Å². The number of para-hydroxylation sites is 1. The van der Waals surface area contributed by atoms with Gasteiger partial charge in [-0.05, 0) is 30.9 Å². The molecule has 5 nitrogen and oxygen atoms in total. The van der Waals surface area contributed by atoms with Gasteiger partial charge in [0, 0.05) is 38.2 Å². The van der Waals surface area contributed by atoms with Gasteiger partial charge in [0.05, 0.1) is 0 Å². The summed E-state index contributed by atoms with van der Waals surface area (Å²) in [4.78, 5) is 25.0. The summed E-state index contributed by atoms with van der Waals surface area (Å²) in [5.74, 6) is 0.270. The third kappa shape index (κ3) is 5.56. The topological polar surface area (TPSA) is 75.4 Å². The fourth-order valence-electron chi connectivity index (χ4n) is 2.54. The Morgan fingerprint density at radius 3 is 2.77 bits per heavy atom. The van der Waals surface area contributed by atoms with E-state index in [1.165, 1.54) is 0 Å². The first-order valence-electron chi connectivity index (χ1n) is 7.54. The summed E-state index contributed by atoms with van der Waals surface area (Å²) < 4.78 is 0. The summed E-state index contributed by atoms with van der Waals surface area (Å²) in [5, 5.41) is 2.89. The number of halogens is 1. The predicted molar refractivity (Wildman–Crippen MR) is 89.9 cm³/mol. The number of hydrogen-bond donors (Lipinski definition) is 2. The van der Waals surface area contributed by atoms with Gasteiger partial charge in [-0.1, -0.05) is 18.2 Å². The quantitative estimate of drug-likeness (QED) is 0.592. The van der Waals surface area contributed by atoms with Gasteiger partial charge in [-0.3, -0.25) is 9.59 Å². The normalized spacial score (nSPS) is 13.8. The number of amides is 2. The van der Waals surface area contributed by atoms with Gasteiger partial charge in [-0.2, -0.15) is 0 Å². The molecule has 22 heavy (non-hydrogen) atoms. The zero-order valence-corrected chi connectivity index (χ0v) is 13.5. The van der Waals surface area contributed by atoms with Crippen molar-refractivity contribution < 1.29 is 9.59 Å². The van der Waals surface area contributed by atoms with Crippen LogP contribution in [-0.4, -0.2) is 36.3 Å². The lowest BCUT2D eigenvalue weighted by Crippen LogP contribution is -2.30. The molecule has 1 aliphatic rings. The zero-order valence-electron chi connectivity index (χ0n) is 12.7. The fraction of sp³-hybridized carbons (Fsp3) is 0.500. The lowest BCUT2D eigenvalue weighted by molar-refractivity contribution is -0.127. The number of nitrogen functional groups attached to an aromatic ring is 1. The lowest BCUT2D eigenvalue weighted by atomic mass is 10.1. The molecular formula is C16H24ClN3O2. The highest BCUT2D eigenvalue weighted by molar-refractivity contribution is 5.85. The number of benzene rings is 1. The van der Waals surface area contributed by atoms with Crippen molar-refractivity contribution in [3.8, 4) is 0 Å². The maximum Gasteiger partial charge on any atom is 0.222 e. The number of rotatable bonds is 7. The Hall–Kier alpha value is -1.75. The van der Waals surface area contributed by atoms with Gasteiger partial charge in [0.1, 0.15) is 0 Å². The second-order valence-electron chi connectivity index (χ2n) is 5.39. The average Bonchev–Trinajstić information content (AvgIpc) is 2.88. The van der Waals surface area contributed by atoms with E-state index in [9.17, 15) is 9.59 Å². The molecule has 1 saturated heterocycles. The van der Waals surface area contributed by atoms with Crippen LogP contribution >= 0.6 is 12.4 Å². The molecule has 3 N–H and O–H groups in total. The zero-order chi connectivity index (χ0) is 15.1. The fourth-order valence-corrected chi connectivity index (χ4v) is 2.54. The Labute approximate surface area is 137 Å². The molecule has 1 aromatic rings. The molecule has 0 saturated carbocycles. The molecule has 2 rings (SSSR count). The highest BCUT2D eigenvalue weighted by Crippen LogP contribution is 2.12. The number of likely N-dealkylation sites (tertiary alicyclic amines) is 1. The first-order valence-corrected chi connectivity index (χ1v) is 7.54. The highest BCUT2D eigenvalue weighted by atomic mass is 35.5. The van der Waals surface area contributed by atoms with Gasteiger partial charge in [-0.15, -0.1) is 12.4 Å². The van der Waals surface area contributed by atoms with Crippen molar-refractivity contribution in [3.63, 3.8) is 0 Å². The van der Waals surface area contributed by atoms with Crippen molar-refractivity contribution in [3.05, 3.63) is 29.8 Å². The number of nitrogens with zero attached hydrogens (tertiary/aromatic N) is 1. The molecular weight excluding hydrogens is 302 g/mol. The van der Waals surface area contributed by atoms with E-state index >= 15 is 0 Å². The molecule has 0 aromatic heterocycles. The summed E-state index contributed by atoms with van der Waals surface area (Å²) in [6.07, 6.45) is 3.54. The van der Waals surface area contributed by atoms with Crippen LogP contribution in [0.15, 0.2) is 24.3 Å². The van der Waals surface area contributed by atoms with Crippen molar-refractivity contribution in [2.75, 3.05) is 25.4 Å². The molecule has 0 aliphatic carbocycles. The van der Waals surface area contributed by atoms with Crippen molar-refractivity contribution in [2.24, 2.45) is 0 Å². The van der Waals surface area contributed by atoms with Crippen LogP contribution in [-0.2, 0) is 16.0 Å². The molecule has 6 heteroatoms. The molecule has 1 fully saturated rings. The van der Waals surface area contributed by atoms with Gasteiger partial charge < -0.3 is 16.0 Å². The number of anilines is 1. The van der Waals surface area contributed by atoms with Crippen molar-refractivity contribution in [1.82, 2.24) is 10.2 Å². The molecule has 0 bridgehead atoms. The highest BCUT2D eigenvalue weighted by Gasteiger charge is 2.18. The number of carbonyl (C=O) groups excluding carboxylic acids is 2. The number of nitrogens with one attached hydrogen (secondary N) is 1. The number of aryl methyl sites for hydroxylation is 1. The van der Waals surface area contributed by atoms with E-state index < -0.39 is 0 Å². The smallest absolute Gasteiger partial charge is 0.222 e. The minimum atomic E-state index is 0. The number of hydrogen-bond acceptors (Lipinski definition) is 3. The molecule has 2 amide bonds. The minimum absolute atomic E-state index is 0. The van der Waals surface area contributed by atoms with E-state index in [2.05, 4.69) is 5.32 Å². The van der Waals surface area contributed by atoms with Crippen LogP contribution in [0.1, 0.15) is 31.2 Å². The van der Waals surface area contributed by atoms with Crippen LogP contribution in [0.3, 0.4) is 0 Å². The Balaban J connectivity index is 0.00000242. The van der Waals surface area contributed by atoms with Crippen molar-refractivity contribution in [1.29, 1.82) is 0 Å². The molecule has 0 spiro atoms. The molecule has 0 atom stereocenters. The maximum atomic E-state index is 11.8.